The van der Waals surface area contributed by atoms with E-state index >= 15 is 0 Å². The summed E-state index contributed by atoms with van der Waals surface area (Å²) in [6, 6.07) is 12.6. The molecule has 1 amide bonds. The van der Waals surface area contributed by atoms with Crippen molar-refractivity contribution in [2.24, 2.45) is 0 Å². The van der Waals surface area contributed by atoms with Crippen LogP contribution in [0.5, 0.6) is 11.5 Å². The van der Waals surface area contributed by atoms with Crippen LogP contribution >= 0.6 is 0 Å². The smallest absolute Gasteiger partial charge is 0.262 e. The molecule has 0 heterocycles. The zero-order valence-electron chi connectivity index (χ0n) is 12.1. The first-order valence-electron chi connectivity index (χ1n) is 6.52. The SMILES string of the molecule is COc1cccc(NC(=O)COc2c(C)cccc2N)c1. The van der Waals surface area contributed by atoms with E-state index in [2.05, 4.69) is 5.32 Å². The molecule has 0 saturated carbocycles. The minimum Gasteiger partial charge on any atom is -0.497 e. The molecule has 2 aromatic carbocycles. The number of carbonyl (C=O) groups excluding carboxylic acids is 1. The summed E-state index contributed by atoms with van der Waals surface area (Å²) in [5.74, 6) is 0.959. The fraction of sp³-hybridized carbons (Fsp3) is 0.188. The van der Waals surface area contributed by atoms with E-state index in [1.807, 2.05) is 19.1 Å². The lowest BCUT2D eigenvalue weighted by Gasteiger charge is -2.12. The Bertz CT molecular complexity index is 621. The average molecular weight is 286 g/mol. The number of ether oxygens (including phenoxy) is 2. The van der Waals surface area contributed by atoms with E-state index in [1.54, 1.807) is 37.4 Å². The van der Waals surface area contributed by atoms with Gasteiger partial charge in [0.2, 0.25) is 0 Å². The Balaban J connectivity index is 1.96. The normalized spacial score (nSPS) is 10.0. The van der Waals surface area contributed by atoms with Crippen molar-refractivity contribution in [1.29, 1.82) is 0 Å². The number of nitrogens with two attached hydrogens (primary N) is 1. The third-order valence-corrected chi connectivity index (χ3v) is 2.94. The molecule has 2 rings (SSSR count). The van der Waals surface area contributed by atoms with Crippen molar-refractivity contribution in [3.63, 3.8) is 0 Å². The maximum absolute atomic E-state index is 11.9. The Hall–Kier alpha value is -2.69. The third kappa shape index (κ3) is 3.89. The fourth-order valence-electron chi connectivity index (χ4n) is 1.91. The number of para-hydroxylation sites is 1. The lowest BCUT2D eigenvalue weighted by atomic mass is 10.2. The van der Waals surface area contributed by atoms with Crippen LogP contribution in [-0.4, -0.2) is 19.6 Å². The standard InChI is InChI=1S/C16H18N2O3/c1-11-5-3-8-14(17)16(11)21-10-15(19)18-12-6-4-7-13(9-12)20-2/h3-9H,10,17H2,1-2H3,(H,18,19). The van der Waals surface area contributed by atoms with E-state index in [4.69, 9.17) is 15.2 Å². The number of nitrogens with one attached hydrogen (secondary N) is 1. The van der Waals surface area contributed by atoms with Gasteiger partial charge in [-0.25, -0.2) is 0 Å². The maximum Gasteiger partial charge on any atom is 0.262 e. The molecule has 0 spiro atoms. The molecule has 0 bridgehead atoms. The highest BCUT2D eigenvalue weighted by Gasteiger charge is 2.08. The van der Waals surface area contributed by atoms with Crippen LogP contribution < -0.4 is 20.5 Å². The van der Waals surface area contributed by atoms with Gasteiger partial charge >= 0.3 is 0 Å². The van der Waals surface area contributed by atoms with Crippen LogP contribution in [0.3, 0.4) is 0 Å². The van der Waals surface area contributed by atoms with Crippen molar-refractivity contribution < 1.29 is 14.3 Å². The highest BCUT2D eigenvalue weighted by atomic mass is 16.5. The van der Waals surface area contributed by atoms with E-state index in [1.165, 1.54) is 0 Å². The van der Waals surface area contributed by atoms with Crippen LogP contribution in [0.15, 0.2) is 42.5 Å². The van der Waals surface area contributed by atoms with Crippen LogP contribution in [0, 0.1) is 6.92 Å². The number of hydrogen-bond acceptors (Lipinski definition) is 4. The molecule has 0 fully saturated rings. The largest absolute Gasteiger partial charge is 0.497 e. The molecule has 0 aliphatic carbocycles. The lowest BCUT2D eigenvalue weighted by Crippen LogP contribution is -2.20. The van der Waals surface area contributed by atoms with Crippen molar-refractivity contribution >= 4 is 17.3 Å². The molecule has 3 N–H and O–H groups in total. The molecule has 110 valence electrons. The second-order valence-corrected chi connectivity index (χ2v) is 4.56. The molecule has 0 unspecified atom stereocenters. The number of amides is 1. The minimum absolute atomic E-state index is 0.105. The van der Waals surface area contributed by atoms with Crippen LogP contribution in [0.2, 0.25) is 0 Å². The first kappa shape index (κ1) is 14.7. The number of carbonyl (C=O) groups is 1. The summed E-state index contributed by atoms with van der Waals surface area (Å²) in [4.78, 5) is 11.9. The van der Waals surface area contributed by atoms with Gasteiger partial charge in [0, 0.05) is 11.8 Å². The van der Waals surface area contributed by atoms with E-state index in [-0.39, 0.29) is 12.5 Å². The van der Waals surface area contributed by atoms with Gasteiger partial charge in [0.1, 0.15) is 11.5 Å². The number of nitrogen functional groups attached to an aromatic ring is 1. The second kappa shape index (κ2) is 6.65. The van der Waals surface area contributed by atoms with Gasteiger partial charge in [0.05, 0.1) is 12.8 Å². The van der Waals surface area contributed by atoms with Gasteiger partial charge in [-0.05, 0) is 30.7 Å². The van der Waals surface area contributed by atoms with Gasteiger partial charge in [0.15, 0.2) is 6.61 Å². The first-order chi connectivity index (χ1) is 10.1. The number of anilines is 2. The maximum atomic E-state index is 11.9. The van der Waals surface area contributed by atoms with E-state index in [9.17, 15) is 4.79 Å². The van der Waals surface area contributed by atoms with Gasteiger partial charge in [-0.1, -0.05) is 18.2 Å². The molecular formula is C16H18N2O3. The predicted octanol–water partition coefficient (Wildman–Crippen LogP) is 2.60. The zero-order valence-corrected chi connectivity index (χ0v) is 12.1. The summed E-state index contributed by atoms with van der Waals surface area (Å²) in [7, 11) is 1.57. The fourth-order valence-corrected chi connectivity index (χ4v) is 1.91. The summed E-state index contributed by atoms with van der Waals surface area (Å²) in [6.45, 7) is 1.78. The van der Waals surface area contributed by atoms with Crippen LogP contribution in [0.25, 0.3) is 0 Å². The van der Waals surface area contributed by atoms with E-state index < -0.39 is 0 Å². The van der Waals surface area contributed by atoms with Crippen LogP contribution in [0.4, 0.5) is 11.4 Å². The quantitative estimate of drug-likeness (QED) is 0.829. The van der Waals surface area contributed by atoms with Gasteiger partial charge in [-0.15, -0.1) is 0 Å². The average Bonchev–Trinajstić information content (AvgIpc) is 2.47. The third-order valence-electron chi connectivity index (χ3n) is 2.94. The molecule has 5 nitrogen and oxygen atoms in total. The minimum atomic E-state index is -0.258. The highest BCUT2D eigenvalue weighted by Crippen LogP contribution is 2.25. The predicted molar refractivity (Wildman–Crippen MR) is 82.7 cm³/mol. The molecule has 2 aromatic rings. The molecule has 0 saturated heterocycles. The Morgan fingerprint density at radius 2 is 2.00 bits per heavy atom. The molecule has 0 aromatic heterocycles. The monoisotopic (exact) mass is 286 g/mol. The Kier molecular flexibility index (Phi) is 4.66. The molecule has 0 aliphatic rings. The molecule has 0 radical (unpaired) electrons. The molecule has 0 atom stereocenters. The molecule has 21 heavy (non-hydrogen) atoms. The highest BCUT2D eigenvalue weighted by molar-refractivity contribution is 5.92. The van der Waals surface area contributed by atoms with Gasteiger partial charge in [0.25, 0.3) is 5.91 Å². The number of hydrogen-bond donors (Lipinski definition) is 2. The van der Waals surface area contributed by atoms with Crippen LogP contribution in [0.1, 0.15) is 5.56 Å². The zero-order chi connectivity index (χ0) is 15.2. The molecule has 0 aliphatic heterocycles. The Morgan fingerprint density at radius 1 is 1.24 bits per heavy atom. The summed E-state index contributed by atoms with van der Waals surface area (Å²) in [5.41, 5.74) is 7.89. The summed E-state index contributed by atoms with van der Waals surface area (Å²) in [6.07, 6.45) is 0. The molecular weight excluding hydrogens is 268 g/mol. The lowest BCUT2D eigenvalue weighted by molar-refractivity contribution is -0.118. The summed E-state index contributed by atoms with van der Waals surface area (Å²) < 4.78 is 10.6. The van der Waals surface area contributed by atoms with Gasteiger partial charge in [-0.2, -0.15) is 0 Å². The van der Waals surface area contributed by atoms with Crippen molar-refractivity contribution in [2.45, 2.75) is 6.92 Å². The second-order valence-electron chi connectivity index (χ2n) is 4.56. The van der Waals surface area contributed by atoms with E-state index in [0.29, 0.717) is 22.9 Å². The summed E-state index contributed by atoms with van der Waals surface area (Å²) >= 11 is 0. The topological polar surface area (TPSA) is 73.6 Å². The number of rotatable bonds is 5. The number of aryl methyl sites for hydroxylation is 1. The summed E-state index contributed by atoms with van der Waals surface area (Å²) in [5, 5.41) is 2.74. The van der Waals surface area contributed by atoms with Gasteiger partial charge in [-0.3, -0.25) is 4.79 Å². The van der Waals surface area contributed by atoms with Gasteiger partial charge < -0.3 is 20.5 Å². The van der Waals surface area contributed by atoms with Crippen molar-refractivity contribution in [1.82, 2.24) is 0 Å². The Labute approximate surface area is 123 Å². The van der Waals surface area contributed by atoms with Crippen molar-refractivity contribution in [2.75, 3.05) is 24.8 Å². The first-order valence-corrected chi connectivity index (χ1v) is 6.52. The van der Waals surface area contributed by atoms with Crippen LogP contribution in [-0.2, 0) is 4.79 Å². The van der Waals surface area contributed by atoms with E-state index in [0.717, 1.165) is 5.56 Å². The number of methoxy groups -OCH3 is 1. The molecule has 5 heteroatoms. The number of benzene rings is 2. The van der Waals surface area contributed by atoms with Crippen molar-refractivity contribution in [3.05, 3.63) is 48.0 Å². The van der Waals surface area contributed by atoms with Crippen molar-refractivity contribution in [3.8, 4) is 11.5 Å². The Morgan fingerprint density at radius 3 is 2.71 bits per heavy atom.